The largest absolute Gasteiger partial charge is 0.465 e. The van der Waals surface area contributed by atoms with Crippen LogP contribution in [-0.4, -0.2) is 50.7 Å². The number of hydrogen-bond acceptors (Lipinski definition) is 9. The molecule has 11 nitrogen and oxygen atoms in total. The topological polar surface area (TPSA) is 125 Å². The average Bonchev–Trinajstić information content (AvgIpc) is 3.76. The zero-order valence-electron chi connectivity index (χ0n) is 27.0. The Morgan fingerprint density at radius 3 is 2.02 bits per heavy atom. The van der Waals surface area contributed by atoms with Crippen molar-refractivity contribution in [2.75, 3.05) is 12.0 Å². The molecule has 0 unspecified atom stereocenters. The standard InChI is InChI=1S/C37H30FN7O4S/c1-43-41-35(40-42-43)29-20-12-19-28(33(29)38)32-21-30-31(37(46)49-2)22-39-36(34(30)45(32)50(47,48)27-17-10-5-11-18-27)44(23-25-13-6-3-7-14-25)24-26-15-8-4-9-16-26/h3-22H,23-24H2,1-2H3. The molecule has 3 heterocycles. The van der Waals surface area contributed by atoms with Crippen LogP contribution in [0.25, 0.3) is 33.5 Å². The van der Waals surface area contributed by atoms with Gasteiger partial charge in [0.1, 0.15) is 11.3 Å². The molecule has 0 aliphatic heterocycles. The number of halogens is 1. The minimum Gasteiger partial charge on any atom is -0.465 e. The summed E-state index contributed by atoms with van der Waals surface area (Å²) in [4.78, 5) is 21.1. The Morgan fingerprint density at radius 1 is 0.840 bits per heavy atom. The molecule has 0 saturated carbocycles. The highest BCUT2D eigenvalue weighted by Gasteiger charge is 2.32. The molecule has 4 aromatic carbocycles. The van der Waals surface area contributed by atoms with Gasteiger partial charge < -0.3 is 9.64 Å². The van der Waals surface area contributed by atoms with Crippen molar-refractivity contribution >= 4 is 32.7 Å². The first-order valence-corrected chi connectivity index (χ1v) is 17.0. The van der Waals surface area contributed by atoms with Crippen molar-refractivity contribution in [1.29, 1.82) is 0 Å². The van der Waals surface area contributed by atoms with Crippen LogP contribution in [-0.2, 0) is 34.9 Å². The van der Waals surface area contributed by atoms with Crippen LogP contribution in [0, 0.1) is 5.82 Å². The molecule has 7 rings (SSSR count). The molecular formula is C37H30FN7O4S. The summed E-state index contributed by atoms with van der Waals surface area (Å²) in [5, 5.41) is 12.2. The van der Waals surface area contributed by atoms with E-state index in [1.54, 1.807) is 31.3 Å². The summed E-state index contributed by atoms with van der Waals surface area (Å²) in [7, 11) is -1.67. The summed E-state index contributed by atoms with van der Waals surface area (Å²) in [5.74, 6) is -1.22. The SMILES string of the molecule is COC(=O)c1cnc(N(Cc2ccccc2)Cc2ccccc2)c2c1cc(-c1cccc(-c3nnn(C)n3)c1F)n2S(=O)(=O)c1ccccc1. The van der Waals surface area contributed by atoms with Gasteiger partial charge in [-0.15, -0.1) is 10.2 Å². The normalized spacial score (nSPS) is 11.5. The summed E-state index contributed by atoms with van der Waals surface area (Å²) >= 11 is 0. The molecule has 0 saturated heterocycles. The van der Waals surface area contributed by atoms with Gasteiger partial charge in [-0.25, -0.2) is 26.6 Å². The minimum absolute atomic E-state index is 0.0149. The Bertz CT molecular complexity index is 2390. The van der Waals surface area contributed by atoms with Gasteiger partial charge in [-0.3, -0.25) is 0 Å². The molecule has 0 bridgehead atoms. The van der Waals surface area contributed by atoms with Crippen molar-refractivity contribution in [2.24, 2.45) is 7.05 Å². The Kier molecular flexibility index (Phi) is 8.64. The third-order valence-corrected chi connectivity index (χ3v) is 9.95. The van der Waals surface area contributed by atoms with Crippen LogP contribution in [0.1, 0.15) is 21.5 Å². The van der Waals surface area contributed by atoms with E-state index in [4.69, 9.17) is 9.72 Å². The first-order chi connectivity index (χ1) is 24.3. The number of carbonyl (C=O) groups is 1. The zero-order valence-corrected chi connectivity index (χ0v) is 27.8. The number of methoxy groups -OCH3 is 1. The molecule has 0 aliphatic carbocycles. The maximum atomic E-state index is 16.7. The molecule has 0 spiro atoms. The van der Waals surface area contributed by atoms with E-state index >= 15 is 4.39 Å². The van der Waals surface area contributed by atoms with Crippen molar-refractivity contribution in [3.63, 3.8) is 0 Å². The number of hydrogen-bond donors (Lipinski definition) is 0. The summed E-state index contributed by atoms with van der Waals surface area (Å²) in [6, 6.07) is 33.2. The minimum atomic E-state index is -4.46. The van der Waals surface area contributed by atoms with Gasteiger partial charge in [-0.1, -0.05) is 84.9 Å². The smallest absolute Gasteiger partial charge is 0.340 e. The maximum absolute atomic E-state index is 16.7. The number of pyridine rings is 1. The summed E-state index contributed by atoms with van der Waals surface area (Å²) in [6.07, 6.45) is 1.37. The van der Waals surface area contributed by atoms with Crippen molar-refractivity contribution in [1.82, 2.24) is 29.2 Å². The second-order valence-electron chi connectivity index (χ2n) is 11.5. The van der Waals surface area contributed by atoms with E-state index in [0.717, 1.165) is 15.1 Å². The molecule has 250 valence electrons. The van der Waals surface area contributed by atoms with Gasteiger partial charge in [0.05, 0.1) is 35.9 Å². The molecule has 0 N–H and O–H groups in total. The molecule has 0 amide bonds. The third kappa shape index (κ3) is 5.98. The van der Waals surface area contributed by atoms with Crippen LogP contribution in [0.3, 0.4) is 0 Å². The van der Waals surface area contributed by atoms with Gasteiger partial charge >= 0.3 is 5.97 Å². The van der Waals surface area contributed by atoms with E-state index in [9.17, 15) is 13.2 Å². The Labute approximate surface area is 287 Å². The predicted molar refractivity (Wildman–Crippen MR) is 186 cm³/mol. The molecule has 0 fully saturated rings. The average molecular weight is 688 g/mol. The van der Waals surface area contributed by atoms with Gasteiger partial charge in [0, 0.05) is 30.2 Å². The number of ether oxygens (including phenoxy) is 1. The summed E-state index contributed by atoms with van der Waals surface area (Å²) in [5.41, 5.74) is 1.90. The number of nitrogens with zero attached hydrogens (tertiary/aromatic N) is 7. The number of fused-ring (bicyclic) bond motifs is 1. The monoisotopic (exact) mass is 687 g/mol. The Balaban J connectivity index is 1.58. The van der Waals surface area contributed by atoms with Crippen molar-refractivity contribution in [3.05, 3.63) is 144 Å². The predicted octanol–water partition coefficient (Wildman–Crippen LogP) is 6.26. The van der Waals surface area contributed by atoms with Crippen LogP contribution in [0.15, 0.2) is 126 Å². The molecule has 13 heteroatoms. The van der Waals surface area contributed by atoms with Gasteiger partial charge in [0.2, 0.25) is 5.82 Å². The highest BCUT2D eigenvalue weighted by molar-refractivity contribution is 7.90. The van der Waals surface area contributed by atoms with E-state index < -0.39 is 21.8 Å². The lowest BCUT2D eigenvalue weighted by molar-refractivity contribution is 0.0602. The highest BCUT2D eigenvalue weighted by atomic mass is 32.2. The second kappa shape index (κ2) is 13.4. The first kappa shape index (κ1) is 32.3. The van der Waals surface area contributed by atoms with Crippen LogP contribution in [0.4, 0.5) is 10.2 Å². The lowest BCUT2D eigenvalue weighted by Crippen LogP contribution is -2.25. The number of aromatic nitrogens is 6. The second-order valence-corrected chi connectivity index (χ2v) is 13.2. The Morgan fingerprint density at radius 2 is 1.44 bits per heavy atom. The fraction of sp³-hybridized carbons (Fsp3) is 0.108. The zero-order chi connectivity index (χ0) is 34.8. The van der Waals surface area contributed by atoms with E-state index in [-0.39, 0.29) is 49.8 Å². The number of tetrazole rings is 1. The van der Waals surface area contributed by atoms with Crippen LogP contribution < -0.4 is 4.90 Å². The maximum Gasteiger partial charge on any atom is 0.340 e. The van der Waals surface area contributed by atoms with E-state index in [2.05, 4.69) is 15.4 Å². The fourth-order valence-electron chi connectivity index (χ4n) is 5.91. The quantitative estimate of drug-likeness (QED) is 0.153. The molecule has 3 aromatic heterocycles. The number of rotatable bonds is 10. The molecule has 50 heavy (non-hydrogen) atoms. The fourth-order valence-corrected chi connectivity index (χ4v) is 7.46. The number of esters is 1. The number of carbonyl (C=O) groups excluding carboxylic acids is 1. The van der Waals surface area contributed by atoms with Crippen LogP contribution >= 0.6 is 0 Å². The molecule has 7 aromatic rings. The number of anilines is 1. The van der Waals surface area contributed by atoms with Gasteiger partial charge in [0.15, 0.2) is 5.82 Å². The van der Waals surface area contributed by atoms with E-state index in [0.29, 0.717) is 13.1 Å². The lowest BCUT2D eigenvalue weighted by Gasteiger charge is -2.26. The summed E-state index contributed by atoms with van der Waals surface area (Å²) in [6.45, 7) is 0.674. The highest BCUT2D eigenvalue weighted by Crippen LogP contribution is 2.40. The van der Waals surface area contributed by atoms with Crippen molar-refractivity contribution in [3.8, 4) is 22.6 Å². The molecule has 0 radical (unpaired) electrons. The van der Waals surface area contributed by atoms with Crippen LogP contribution in [0.2, 0.25) is 0 Å². The number of benzene rings is 4. The summed E-state index contributed by atoms with van der Waals surface area (Å²) < 4.78 is 52.6. The van der Waals surface area contributed by atoms with Crippen LogP contribution in [0.5, 0.6) is 0 Å². The van der Waals surface area contributed by atoms with Crippen molar-refractivity contribution < 1.29 is 22.3 Å². The Hall–Kier alpha value is -6.21. The van der Waals surface area contributed by atoms with Crippen molar-refractivity contribution in [2.45, 2.75) is 18.0 Å². The number of aryl methyl sites for hydroxylation is 1. The molecule has 0 aliphatic rings. The van der Waals surface area contributed by atoms with Gasteiger partial charge in [0.25, 0.3) is 10.0 Å². The van der Waals surface area contributed by atoms with E-state index in [1.165, 1.54) is 48.4 Å². The molecule has 0 atom stereocenters. The van der Waals surface area contributed by atoms with E-state index in [1.807, 2.05) is 65.6 Å². The lowest BCUT2D eigenvalue weighted by atomic mass is 10.1. The molecular weight excluding hydrogens is 658 g/mol. The third-order valence-electron chi connectivity index (χ3n) is 8.22. The van der Waals surface area contributed by atoms with Gasteiger partial charge in [-0.05, 0) is 46.7 Å². The van der Waals surface area contributed by atoms with Gasteiger partial charge in [-0.2, -0.15) is 4.80 Å². The first-order valence-electron chi connectivity index (χ1n) is 15.6.